The quantitative estimate of drug-likeness (QED) is 0.395. The average Bonchev–Trinajstić information content (AvgIpc) is 2.19. The molecule has 1 atom stereocenters. The van der Waals surface area contributed by atoms with Crippen LogP contribution in [0.4, 0.5) is 0 Å². The standard InChI is InChI=1S/C10H16O2S/c1-13-8-7-12-10(11)9-5-3-2-4-6-9/h2-3,9H,4-8H2,1H3. The van der Waals surface area contributed by atoms with Gasteiger partial charge in [-0.05, 0) is 25.5 Å². The van der Waals surface area contributed by atoms with Gasteiger partial charge in [0.05, 0.1) is 5.92 Å². The molecule has 0 saturated heterocycles. The van der Waals surface area contributed by atoms with Crippen molar-refractivity contribution < 1.29 is 9.53 Å². The number of carbonyl (C=O) groups is 1. The van der Waals surface area contributed by atoms with Crippen LogP contribution in [0.15, 0.2) is 12.2 Å². The van der Waals surface area contributed by atoms with E-state index in [9.17, 15) is 4.79 Å². The van der Waals surface area contributed by atoms with E-state index in [0.717, 1.165) is 25.0 Å². The van der Waals surface area contributed by atoms with E-state index in [1.54, 1.807) is 11.8 Å². The molecule has 0 radical (unpaired) electrons. The first-order valence-electron chi connectivity index (χ1n) is 4.65. The SMILES string of the molecule is CSCCOC(=O)C1CC=CCC1. The first-order valence-corrected chi connectivity index (χ1v) is 6.04. The van der Waals surface area contributed by atoms with E-state index in [-0.39, 0.29) is 11.9 Å². The molecule has 1 unspecified atom stereocenters. The third-order valence-corrected chi connectivity index (χ3v) is 2.71. The molecule has 0 N–H and O–H groups in total. The smallest absolute Gasteiger partial charge is 0.309 e. The van der Waals surface area contributed by atoms with Crippen molar-refractivity contribution in [3.05, 3.63) is 12.2 Å². The molecule has 1 rings (SSSR count). The number of allylic oxidation sites excluding steroid dienone is 2. The summed E-state index contributed by atoms with van der Waals surface area (Å²) in [5.41, 5.74) is 0. The van der Waals surface area contributed by atoms with Crippen LogP contribution < -0.4 is 0 Å². The zero-order chi connectivity index (χ0) is 9.52. The number of esters is 1. The van der Waals surface area contributed by atoms with Gasteiger partial charge >= 0.3 is 5.97 Å². The van der Waals surface area contributed by atoms with Crippen molar-refractivity contribution >= 4 is 17.7 Å². The van der Waals surface area contributed by atoms with Gasteiger partial charge < -0.3 is 4.74 Å². The highest BCUT2D eigenvalue weighted by molar-refractivity contribution is 7.98. The average molecular weight is 200 g/mol. The Bertz CT molecular complexity index is 189. The van der Waals surface area contributed by atoms with E-state index in [1.807, 2.05) is 6.26 Å². The number of hydrogen-bond donors (Lipinski definition) is 0. The Hall–Kier alpha value is -0.440. The highest BCUT2D eigenvalue weighted by Gasteiger charge is 2.19. The second-order valence-corrected chi connectivity index (χ2v) is 4.13. The van der Waals surface area contributed by atoms with Crippen molar-refractivity contribution in [1.29, 1.82) is 0 Å². The number of ether oxygens (including phenoxy) is 1. The minimum absolute atomic E-state index is 0.0154. The Morgan fingerprint density at radius 1 is 1.62 bits per heavy atom. The van der Waals surface area contributed by atoms with E-state index in [0.29, 0.717) is 6.61 Å². The second-order valence-electron chi connectivity index (χ2n) is 3.14. The van der Waals surface area contributed by atoms with Crippen molar-refractivity contribution in [3.8, 4) is 0 Å². The van der Waals surface area contributed by atoms with Crippen molar-refractivity contribution in [3.63, 3.8) is 0 Å². The van der Waals surface area contributed by atoms with Crippen molar-refractivity contribution in [2.24, 2.45) is 5.92 Å². The molecule has 0 aromatic rings. The highest BCUT2D eigenvalue weighted by atomic mass is 32.2. The Balaban J connectivity index is 2.18. The summed E-state index contributed by atoms with van der Waals surface area (Å²) in [6.07, 6.45) is 9.04. The predicted octanol–water partition coefficient (Wildman–Crippen LogP) is 2.25. The third kappa shape index (κ3) is 3.85. The van der Waals surface area contributed by atoms with Gasteiger partial charge in [0.25, 0.3) is 0 Å². The van der Waals surface area contributed by atoms with E-state index in [4.69, 9.17) is 4.74 Å². The molecule has 0 fully saturated rings. The molecule has 0 bridgehead atoms. The van der Waals surface area contributed by atoms with Crippen molar-refractivity contribution in [2.75, 3.05) is 18.6 Å². The van der Waals surface area contributed by atoms with Gasteiger partial charge in [-0.3, -0.25) is 4.79 Å². The summed E-state index contributed by atoms with van der Waals surface area (Å²) >= 11 is 1.70. The summed E-state index contributed by atoms with van der Waals surface area (Å²) in [5.74, 6) is 0.999. The summed E-state index contributed by atoms with van der Waals surface area (Å²) in [5, 5.41) is 0. The lowest BCUT2D eigenvalue weighted by molar-refractivity contribution is -0.148. The molecule has 1 aliphatic carbocycles. The van der Waals surface area contributed by atoms with Crippen LogP contribution in [0.1, 0.15) is 19.3 Å². The van der Waals surface area contributed by atoms with E-state index < -0.39 is 0 Å². The number of rotatable bonds is 4. The molecular weight excluding hydrogens is 184 g/mol. The molecule has 1 aliphatic rings. The molecule has 74 valence electrons. The number of hydrogen-bond acceptors (Lipinski definition) is 3. The van der Waals surface area contributed by atoms with Crippen LogP contribution in [0, 0.1) is 5.92 Å². The van der Waals surface area contributed by atoms with Crippen LogP contribution in [0.5, 0.6) is 0 Å². The largest absolute Gasteiger partial charge is 0.465 e. The lowest BCUT2D eigenvalue weighted by atomic mass is 9.95. The van der Waals surface area contributed by atoms with Crippen LogP contribution in [0.2, 0.25) is 0 Å². The first kappa shape index (κ1) is 10.6. The lowest BCUT2D eigenvalue weighted by Crippen LogP contribution is -2.19. The molecule has 0 aliphatic heterocycles. The fourth-order valence-corrected chi connectivity index (χ4v) is 1.60. The van der Waals surface area contributed by atoms with Gasteiger partial charge in [-0.2, -0.15) is 11.8 Å². The minimum atomic E-state index is -0.0154. The van der Waals surface area contributed by atoms with E-state index in [1.165, 1.54) is 0 Å². The fraction of sp³-hybridized carbons (Fsp3) is 0.700. The van der Waals surface area contributed by atoms with Crippen molar-refractivity contribution in [2.45, 2.75) is 19.3 Å². The monoisotopic (exact) mass is 200 g/mol. The highest BCUT2D eigenvalue weighted by Crippen LogP contribution is 2.19. The Labute approximate surface area is 83.7 Å². The van der Waals surface area contributed by atoms with Gasteiger partial charge in [0.1, 0.15) is 6.61 Å². The molecule has 0 amide bonds. The minimum Gasteiger partial charge on any atom is -0.465 e. The van der Waals surface area contributed by atoms with Gasteiger partial charge in [0.2, 0.25) is 0 Å². The molecule has 0 aromatic heterocycles. The van der Waals surface area contributed by atoms with Gasteiger partial charge in [-0.1, -0.05) is 12.2 Å². The van der Waals surface area contributed by atoms with Crippen LogP contribution in [0.25, 0.3) is 0 Å². The van der Waals surface area contributed by atoms with Gasteiger partial charge in [0, 0.05) is 5.75 Å². The van der Waals surface area contributed by atoms with Crippen LogP contribution in [-0.4, -0.2) is 24.6 Å². The second kappa shape index (κ2) is 6.08. The van der Waals surface area contributed by atoms with Crippen LogP contribution >= 0.6 is 11.8 Å². The maximum atomic E-state index is 11.4. The molecule has 0 saturated carbocycles. The van der Waals surface area contributed by atoms with Crippen LogP contribution in [-0.2, 0) is 9.53 Å². The first-order chi connectivity index (χ1) is 6.34. The number of carbonyl (C=O) groups excluding carboxylic acids is 1. The van der Waals surface area contributed by atoms with E-state index in [2.05, 4.69) is 12.2 Å². The van der Waals surface area contributed by atoms with Crippen LogP contribution in [0.3, 0.4) is 0 Å². The normalized spacial score (nSPS) is 21.5. The zero-order valence-corrected chi connectivity index (χ0v) is 8.81. The summed E-state index contributed by atoms with van der Waals surface area (Å²) < 4.78 is 5.13. The van der Waals surface area contributed by atoms with Gasteiger partial charge in [0.15, 0.2) is 0 Å². The molecular formula is C10H16O2S. The molecule has 13 heavy (non-hydrogen) atoms. The molecule has 0 heterocycles. The maximum absolute atomic E-state index is 11.4. The lowest BCUT2D eigenvalue weighted by Gasteiger charge is -2.15. The maximum Gasteiger partial charge on any atom is 0.309 e. The summed E-state index contributed by atoms with van der Waals surface area (Å²) in [4.78, 5) is 11.4. The zero-order valence-electron chi connectivity index (χ0n) is 7.99. The molecule has 3 heteroatoms. The molecule has 2 nitrogen and oxygen atoms in total. The topological polar surface area (TPSA) is 26.3 Å². The Kier molecular flexibility index (Phi) is 4.98. The number of thioether (sulfide) groups is 1. The van der Waals surface area contributed by atoms with E-state index >= 15 is 0 Å². The Morgan fingerprint density at radius 2 is 2.46 bits per heavy atom. The summed E-state index contributed by atoms with van der Waals surface area (Å²) in [6.45, 7) is 0.556. The van der Waals surface area contributed by atoms with Gasteiger partial charge in [-0.15, -0.1) is 0 Å². The summed E-state index contributed by atoms with van der Waals surface area (Å²) in [6, 6.07) is 0. The van der Waals surface area contributed by atoms with Gasteiger partial charge in [-0.25, -0.2) is 0 Å². The molecule has 0 spiro atoms. The molecule has 0 aromatic carbocycles. The predicted molar refractivity (Wildman–Crippen MR) is 55.8 cm³/mol. The van der Waals surface area contributed by atoms with Crippen molar-refractivity contribution in [1.82, 2.24) is 0 Å². The fourth-order valence-electron chi connectivity index (χ4n) is 1.35. The third-order valence-electron chi connectivity index (χ3n) is 2.13. The summed E-state index contributed by atoms with van der Waals surface area (Å²) in [7, 11) is 0. The Morgan fingerprint density at radius 3 is 3.08 bits per heavy atom.